The van der Waals surface area contributed by atoms with Crippen molar-refractivity contribution >= 4 is 34.7 Å². The maximum Gasteiger partial charge on any atom is 0.234 e. The molecule has 138 valence electrons. The third-order valence-corrected chi connectivity index (χ3v) is 6.12. The van der Waals surface area contributed by atoms with Gasteiger partial charge in [0.2, 0.25) is 11.8 Å². The van der Waals surface area contributed by atoms with E-state index >= 15 is 0 Å². The number of amides is 2. The minimum absolute atomic E-state index is 0.160. The first-order valence-corrected chi connectivity index (χ1v) is 9.43. The van der Waals surface area contributed by atoms with Crippen molar-refractivity contribution in [1.29, 1.82) is 0 Å². The van der Waals surface area contributed by atoms with Crippen molar-refractivity contribution in [2.24, 2.45) is 23.0 Å². The van der Waals surface area contributed by atoms with Gasteiger partial charge in [-0.25, -0.2) is 0 Å². The molecule has 0 radical (unpaired) electrons. The number of anilines is 1. The van der Waals surface area contributed by atoms with Gasteiger partial charge < -0.3 is 16.4 Å². The number of carbonyl (C=O) groups excluding carboxylic acids is 2. The van der Waals surface area contributed by atoms with Crippen molar-refractivity contribution in [1.82, 2.24) is 5.32 Å². The van der Waals surface area contributed by atoms with E-state index in [-0.39, 0.29) is 5.91 Å². The van der Waals surface area contributed by atoms with Crippen molar-refractivity contribution in [3.8, 4) is 0 Å². The van der Waals surface area contributed by atoms with E-state index in [0.717, 1.165) is 43.4 Å². The molecule has 1 aromatic rings. The van der Waals surface area contributed by atoms with E-state index in [1.165, 1.54) is 0 Å². The van der Waals surface area contributed by atoms with Gasteiger partial charge in [-0.05, 0) is 31.4 Å². The summed E-state index contributed by atoms with van der Waals surface area (Å²) in [5.41, 5.74) is 7.43. The molecule has 6 heteroatoms. The summed E-state index contributed by atoms with van der Waals surface area (Å²) in [5, 5.41) is 6.01. The van der Waals surface area contributed by atoms with Crippen LogP contribution in [0.2, 0.25) is 0 Å². The van der Waals surface area contributed by atoms with Crippen LogP contribution in [0.1, 0.15) is 37.7 Å². The zero-order valence-corrected chi connectivity index (χ0v) is 15.8. The van der Waals surface area contributed by atoms with Crippen LogP contribution in [0.3, 0.4) is 0 Å². The van der Waals surface area contributed by atoms with E-state index in [1.807, 2.05) is 31.2 Å². The molecule has 1 aliphatic carbocycles. The lowest BCUT2D eigenvalue weighted by Gasteiger charge is -2.51. The Balaban J connectivity index is 2.00. The van der Waals surface area contributed by atoms with E-state index in [9.17, 15) is 9.59 Å². The second kappa shape index (κ2) is 7.19. The highest BCUT2D eigenvalue weighted by molar-refractivity contribution is 7.80. The minimum atomic E-state index is -0.643. The summed E-state index contributed by atoms with van der Waals surface area (Å²) in [7, 11) is 0. The van der Waals surface area contributed by atoms with Gasteiger partial charge in [-0.1, -0.05) is 56.3 Å². The van der Waals surface area contributed by atoms with Crippen LogP contribution in [0.25, 0.3) is 0 Å². The summed E-state index contributed by atoms with van der Waals surface area (Å²) in [4.78, 5) is 25.9. The van der Waals surface area contributed by atoms with E-state index in [4.69, 9.17) is 18.0 Å². The molecule has 5 nitrogen and oxygen atoms in total. The molecule has 2 amide bonds. The number of benzene rings is 1. The van der Waals surface area contributed by atoms with Crippen LogP contribution in [0, 0.1) is 24.2 Å². The fraction of sp³-hybridized carbons (Fsp3) is 0.450. The van der Waals surface area contributed by atoms with E-state index in [2.05, 4.69) is 17.2 Å². The highest BCUT2D eigenvalue weighted by Crippen LogP contribution is 2.53. The van der Waals surface area contributed by atoms with Gasteiger partial charge in [-0.15, -0.1) is 0 Å². The van der Waals surface area contributed by atoms with E-state index in [1.54, 1.807) is 0 Å². The Morgan fingerprint density at radius 1 is 1.23 bits per heavy atom. The predicted octanol–water partition coefficient (Wildman–Crippen LogP) is 3.05. The normalized spacial score (nSPS) is 24.8. The zero-order valence-electron chi connectivity index (χ0n) is 15.0. The minimum Gasteiger partial charge on any atom is -0.369 e. The van der Waals surface area contributed by atoms with Crippen LogP contribution in [-0.4, -0.2) is 16.8 Å². The van der Waals surface area contributed by atoms with Gasteiger partial charge in [-0.2, -0.15) is 0 Å². The number of nitrogens with one attached hydrogen (secondary N) is 2. The number of primary amides is 1. The Labute approximate surface area is 159 Å². The van der Waals surface area contributed by atoms with Crippen LogP contribution in [-0.2, 0) is 9.59 Å². The Morgan fingerprint density at radius 3 is 2.50 bits per heavy atom. The molecule has 1 saturated heterocycles. The largest absolute Gasteiger partial charge is 0.369 e. The van der Waals surface area contributed by atoms with E-state index in [0.29, 0.717) is 10.7 Å². The van der Waals surface area contributed by atoms with Crippen LogP contribution >= 0.6 is 12.2 Å². The fourth-order valence-corrected chi connectivity index (χ4v) is 5.10. The number of carbonyl (C=O) groups is 2. The highest BCUT2D eigenvalue weighted by Gasteiger charge is 2.56. The first kappa shape index (κ1) is 18.6. The van der Waals surface area contributed by atoms with Gasteiger partial charge in [0.25, 0.3) is 0 Å². The van der Waals surface area contributed by atoms with Crippen molar-refractivity contribution < 1.29 is 9.59 Å². The average molecular weight is 372 g/mol. The molecule has 1 heterocycles. The zero-order chi connectivity index (χ0) is 18.9. The molecule has 2 fully saturated rings. The monoisotopic (exact) mass is 371 g/mol. The van der Waals surface area contributed by atoms with Crippen LogP contribution in [0.15, 0.2) is 36.5 Å². The van der Waals surface area contributed by atoms with Crippen molar-refractivity contribution in [2.45, 2.75) is 39.0 Å². The second-order valence-electron chi connectivity index (χ2n) is 7.38. The lowest BCUT2D eigenvalue weighted by atomic mass is 9.56. The molecule has 2 unspecified atom stereocenters. The maximum absolute atomic E-state index is 13.3. The molecule has 2 atom stereocenters. The molecule has 0 bridgehead atoms. The number of rotatable bonds is 3. The standard InChI is InChI=1S/C20H25N3O2S/c1-12-8-4-5-9-14(12)23-18(25)15-13(2)22-19(26)16(17(21)24)20(15)10-6-3-7-11-20/h4-5,8-9,15-16H,2-3,6-7,10-11H2,1H3,(H2,21,24)(H,22,26)(H,23,25). The molecule has 2 aliphatic rings. The molecule has 3 rings (SSSR count). The number of hydrogen-bond acceptors (Lipinski definition) is 3. The summed E-state index contributed by atoms with van der Waals surface area (Å²) in [6, 6.07) is 7.63. The lowest BCUT2D eigenvalue weighted by Crippen LogP contribution is -2.60. The summed E-state index contributed by atoms with van der Waals surface area (Å²) in [6.07, 6.45) is 4.48. The van der Waals surface area contributed by atoms with Crippen LogP contribution in [0.5, 0.6) is 0 Å². The predicted molar refractivity (Wildman–Crippen MR) is 106 cm³/mol. The Bertz CT molecular complexity index is 768. The van der Waals surface area contributed by atoms with Crippen LogP contribution in [0.4, 0.5) is 5.69 Å². The van der Waals surface area contributed by atoms with Crippen LogP contribution < -0.4 is 16.4 Å². The molecule has 26 heavy (non-hydrogen) atoms. The smallest absolute Gasteiger partial charge is 0.234 e. The van der Waals surface area contributed by atoms with Crippen molar-refractivity contribution in [2.75, 3.05) is 5.32 Å². The number of thiocarbonyl (C=S) groups is 1. The Morgan fingerprint density at radius 2 is 1.88 bits per heavy atom. The molecule has 0 aromatic heterocycles. The Hall–Kier alpha value is -2.21. The highest BCUT2D eigenvalue weighted by atomic mass is 32.1. The average Bonchev–Trinajstić information content (AvgIpc) is 2.56. The summed E-state index contributed by atoms with van der Waals surface area (Å²) >= 11 is 5.42. The van der Waals surface area contributed by atoms with E-state index < -0.39 is 23.2 Å². The summed E-state index contributed by atoms with van der Waals surface area (Å²) in [6.45, 7) is 6.01. The van der Waals surface area contributed by atoms with Gasteiger partial charge in [0.15, 0.2) is 0 Å². The topological polar surface area (TPSA) is 84.2 Å². The number of para-hydroxylation sites is 1. The number of hydrogen-bond donors (Lipinski definition) is 3. The second-order valence-corrected chi connectivity index (χ2v) is 7.82. The summed E-state index contributed by atoms with van der Waals surface area (Å²) < 4.78 is 0. The molecule has 1 spiro atoms. The first-order valence-electron chi connectivity index (χ1n) is 9.02. The van der Waals surface area contributed by atoms with Crippen molar-refractivity contribution in [3.05, 3.63) is 42.1 Å². The number of piperidine rings is 1. The lowest BCUT2D eigenvalue weighted by molar-refractivity contribution is -0.131. The SMILES string of the molecule is C=C1NC(=S)C(C(N)=O)C2(CCCCC2)C1C(=O)Nc1ccccc1C. The van der Waals surface area contributed by atoms with Gasteiger partial charge in [0.1, 0.15) is 0 Å². The molecular formula is C20H25N3O2S. The van der Waals surface area contributed by atoms with Gasteiger partial charge >= 0.3 is 0 Å². The first-order chi connectivity index (χ1) is 12.4. The molecule has 1 aliphatic heterocycles. The fourth-order valence-electron chi connectivity index (χ4n) is 4.61. The molecule has 4 N–H and O–H groups in total. The number of nitrogens with two attached hydrogens (primary N) is 1. The third kappa shape index (κ3) is 3.14. The third-order valence-electron chi connectivity index (χ3n) is 5.78. The maximum atomic E-state index is 13.3. The number of aryl methyl sites for hydroxylation is 1. The molecular weight excluding hydrogens is 346 g/mol. The van der Waals surface area contributed by atoms with Gasteiger partial charge in [-0.3, -0.25) is 9.59 Å². The van der Waals surface area contributed by atoms with Crippen molar-refractivity contribution in [3.63, 3.8) is 0 Å². The van der Waals surface area contributed by atoms with Gasteiger partial charge in [0, 0.05) is 16.8 Å². The molecule has 1 aromatic carbocycles. The van der Waals surface area contributed by atoms with Gasteiger partial charge in [0.05, 0.1) is 16.8 Å². The Kier molecular flexibility index (Phi) is 5.14. The quantitative estimate of drug-likeness (QED) is 0.713. The summed E-state index contributed by atoms with van der Waals surface area (Å²) in [5.74, 6) is -1.82. The molecule has 1 saturated carbocycles.